The highest BCUT2D eigenvalue weighted by molar-refractivity contribution is 7.10. The van der Waals surface area contributed by atoms with Crippen LogP contribution in [-0.4, -0.2) is 19.8 Å². The molecule has 1 aromatic rings. The molecule has 2 rings (SSSR count). The lowest BCUT2D eigenvalue weighted by atomic mass is 9.82. The van der Waals surface area contributed by atoms with Gasteiger partial charge in [0.1, 0.15) is 0 Å². The molecule has 1 fully saturated rings. The second-order valence-corrected chi connectivity index (χ2v) is 6.02. The largest absolute Gasteiger partial charge is 0.381 e. The van der Waals surface area contributed by atoms with Gasteiger partial charge < -0.3 is 10.1 Å². The highest BCUT2D eigenvalue weighted by Crippen LogP contribution is 2.30. The fourth-order valence-electron chi connectivity index (χ4n) is 2.08. The fourth-order valence-corrected chi connectivity index (χ4v) is 2.84. The van der Waals surface area contributed by atoms with Crippen molar-refractivity contribution in [2.75, 3.05) is 19.8 Å². The summed E-state index contributed by atoms with van der Waals surface area (Å²) in [4.78, 5) is 1.43. The molecule has 1 atom stereocenters. The van der Waals surface area contributed by atoms with Crippen molar-refractivity contribution in [2.45, 2.75) is 32.7 Å². The summed E-state index contributed by atoms with van der Waals surface area (Å²) < 4.78 is 5.42. The van der Waals surface area contributed by atoms with Crippen LogP contribution >= 0.6 is 11.3 Å². The lowest BCUT2D eigenvalue weighted by Gasteiger charge is -2.34. The Morgan fingerprint density at radius 3 is 2.88 bits per heavy atom. The summed E-state index contributed by atoms with van der Waals surface area (Å²) in [6, 6.07) is 4.79. The Hall–Kier alpha value is -0.380. The predicted molar refractivity (Wildman–Crippen MR) is 68.9 cm³/mol. The van der Waals surface area contributed by atoms with E-state index in [1.165, 1.54) is 17.7 Å². The summed E-state index contributed by atoms with van der Waals surface area (Å²) in [6.45, 7) is 7.55. The molecule has 0 saturated carbocycles. The monoisotopic (exact) mass is 239 g/mol. The van der Waals surface area contributed by atoms with Gasteiger partial charge in [0.15, 0.2) is 0 Å². The molecular weight excluding hydrogens is 218 g/mol. The van der Waals surface area contributed by atoms with Crippen molar-refractivity contribution < 1.29 is 4.74 Å². The lowest BCUT2D eigenvalue weighted by molar-refractivity contribution is 0.0231. The molecule has 1 N–H and O–H groups in total. The standard InChI is InChI=1S/C13H21NOS/c1-11(12-4-3-9-16-12)14-10-13(2)5-7-15-8-6-13/h3-4,9,11,14H,5-8,10H2,1-2H3. The summed E-state index contributed by atoms with van der Waals surface area (Å²) in [7, 11) is 0. The van der Waals surface area contributed by atoms with E-state index in [4.69, 9.17) is 4.74 Å². The van der Waals surface area contributed by atoms with Crippen LogP contribution in [0.4, 0.5) is 0 Å². The van der Waals surface area contributed by atoms with Gasteiger partial charge in [-0.25, -0.2) is 0 Å². The Morgan fingerprint density at radius 1 is 1.50 bits per heavy atom. The Kier molecular flexibility index (Phi) is 4.00. The average Bonchev–Trinajstić information content (AvgIpc) is 2.80. The van der Waals surface area contributed by atoms with Crippen LogP contribution in [-0.2, 0) is 4.74 Å². The van der Waals surface area contributed by atoms with Crippen molar-refractivity contribution in [1.29, 1.82) is 0 Å². The van der Waals surface area contributed by atoms with E-state index in [1.54, 1.807) is 0 Å². The van der Waals surface area contributed by atoms with Gasteiger partial charge in [0.05, 0.1) is 0 Å². The third-order valence-electron chi connectivity index (χ3n) is 3.50. The molecule has 3 heteroatoms. The number of ether oxygens (including phenoxy) is 1. The van der Waals surface area contributed by atoms with Crippen LogP contribution in [0.3, 0.4) is 0 Å². The van der Waals surface area contributed by atoms with Crippen LogP contribution in [0.5, 0.6) is 0 Å². The molecule has 1 unspecified atom stereocenters. The zero-order chi connectivity index (χ0) is 11.4. The van der Waals surface area contributed by atoms with Crippen LogP contribution < -0.4 is 5.32 Å². The van der Waals surface area contributed by atoms with Gasteiger partial charge in [-0.15, -0.1) is 11.3 Å². The Labute approximate surface area is 102 Å². The highest BCUT2D eigenvalue weighted by Gasteiger charge is 2.27. The van der Waals surface area contributed by atoms with Crippen LogP contribution in [0.25, 0.3) is 0 Å². The second-order valence-electron chi connectivity index (χ2n) is 5.04. The van der Waals surface area contributed by atoms with Crippen molar-refractivity contribution in [3.05, 3.63) is 22.4 Å². The first-order valence-electron chi connectivity index (χ1n) is 6.04. The summed E-state index contributed by atoms with van der Waals surface area (Å²) >= 11 is 1.83. The molecule has 0 radical (unpaired) electrons. The number of thiophene rings is 1. The molecule has 1 saturated heterocycles. The maximum absolute atomic E-state index is 5.42. The quantitative estimate of drug-likeness (QED) is 0.871. The predicted octanol–water partition coefficient (Wildman–Crippen LogP) is 3.22. The van der Waals surface area contributed by atoms with E-state index in [-0.39, 0.29) is 0 Å². The first-order valence-corrected chi connectivity index (χ1v) is 6.92. The molecule has 1 aliphatic heterocycles. The smallest absolute Gasteiger partial charge is 0.0471 e. The zero-order valence-electron chi connectivity index (χ0n) is 10.2. The van der Waals surface area contributed by atoms with E-state index in [2.05, 4.69) is 36.7 Å². The molecule has 90 valence electrons. The van der Waals surface area contributed by atoms with Crippen LogP contribution in [0, 0.1) is 5.41 Å². The van der Waals surface area contributed by atoms with Crippen molar-refractivity contribution in [3.63, 3.8) is 0 Å². The first-order chi connectivity index (χ1) is 7.70. The Balaban J connectivity index is 1.82. The second kappa shape index (κ2) is 5.30. The molecule has 0 aliphatic carbocycles. The van der Waals surface area contributed by atoms with Gasteiger partial charge in [0.2, 0.25) is 0 Å². The van der Waals surface area contributed by atoms with Crippen molar-refractivity contribution in [3.8, 4) is 0 Å². The Morgan fingerprint density at radius 2 is 2.25 bits per heavy atom. The minimum Gasteiger partial charge on any atom is -0.381 e. The van der Waals surface area contributed by atoms with E-state index in [1.807, 2.05) is 11.3 Å². The molecule has 2 nitrogen and oxygen atoms in total. The Bertz CT molecular complexity index is 304. The van der Waals surface area contributed by atoms with Gasteiger partial charge in [-0.3, -0.25) is 0 Å². The molecule has 1 aromatic heterocycles. The topological polar surface area (TPSA) is 21.3 Å². The molecular formula is C13H21NOS. The fraction of sp³-hybridized carbons (Fsp3) is 0.692. The minimum absolute atomic E-state index is 0.420. The van der Waals surface area contributed by atoms with E-state index in [9.17, 15) is 0 Å². The van der Waals surface area contributed by atoms with Gasteiger partial charge >= 0.3 is 0 Å². The van der Waals surface area contributed by atoms with Crippen LogP contribution in [0.1, 0.15) is 37.6 Å². The molecule has 0 spiro atoms. The summed E-state index contributed by atoms with van der Waals surface area (Å²) in [5.41, 5.74) is 0.420. The normalized spacial score (nSPS) is 21.9. The number of hydrogen-bond acceptors (Lipinski definition) is 3. The minimum atomic E-state index is 0.420. The van der Waals surface area contributed by atoms with Gasteiger partial charge in [-0.05, 0) is 36.6 Å². The summed E-state index contributed by atoms with van der Waals surface area (Å²) in [5, 5.41) is 5.79. The van der Waals surface area contributed by atoms with E-state index in [0.29, 0.717) is 11.5 Å². The third kappa shape index (κ3) is 3.06. The van der Waals surface area contributed by atoms with E-state index < -0.39 is 0 Å². The van der Waals surface area contributed by atoms with E-state index >= 15 is 0 Å². The molecule has 0 bridgehead atoms. The highest BCUT2D eigenvalue weighted by atomic mass is 32.1. The number of nitrogens with one attached hydrogen (secondary N) is 1. The zero-order valence-corrected chi connectivity index (χ0v) is 11.0. The maximum Gasteiger partial charge on any atom is 0.0471 e. The average molecular weight is 239 g/mol. The molecule has 0 amide bonds. The summed E-state index contributed by atoms with van der Waals surface area (Å²) in [6.07, 6.45) is 2.36. The summed E-state index contributed by atoms with van der Waals surface area (Å²) in [5.74, 6) is 0. The van der Waals surface area contributed by atoms with Gasteiger partial charge in [-0.2, -0.15) is 0 Å². The van der Waals surface area contributed by atoms with Crippen molar-refractivity contribution >= 4 is 11.3 Å². The van der Waals surface area contributed by atoms with Gasteiger partial charge in [-0.1, -0.05) is 13.0 Å². The van der Waals surface area contributed by atoms with E-state index in [0.717, 1.165) is 19.8 Å². The maximum atomic E-state index is 5.42. The van der Waals surface area contributed by atoms with Crippen LogP contribution in [0.2, 0.25) is 0 Å². The molecule has 0 aromatic carbocycles. The lowest BCUT2D eigenvalue weighted by Crippen LogP contribution is -2.37. The molecule has 2 heterocycles. The van der Waals surface area contributed by atoms with Gasteiger partial charge in [0, 0.05) is 30.7 Å². The SMILES string of the molecule is CC(NCC1(C)CCOCC1)c1cccs1. The molecule has 16 heavy (non-hydrogen) atoms. The number of rotatable bonds is 4. The van der Waals surface area contributed by atoms with Crippen LogP contribution in [0.15, 0.2) is 17.5 Å². The van der Waals surface area contributed by atoms with Crippen molar-refractivity contribution in [2.24, 2.45) is 5.41 Å². The van der Waals surface area contributed by atoms with Crippen molar-refractivity contribution in [1.82, 2.24) is 5.32 Å². The third-order valence-corrected chi connectivity index (χ3v) is 4.56. The first kappa shape index (κ1) is 12.1. The van der Waals surface area contributed by atoms with Gasteiger partial charge in [0.25, 0.3) is 0 Å². The molecule has 1 aliphatic rings. The number of hydrogen-bond donors (Lipinski definition) is 1.